The summed E-state index contributed by atoms with van der Waals surface area (Å²) in [5, 5.41) is 11.5. The third kappa shape index (κ3) is 4.03. The van der Waals surface area contributed by atoms with Crippen LogP contribution in [0.1, 0.15) is 29.9 Å². The summed E-state index contributed by atoms with van der Waals surface area (Å²) >= 11 is 1.46. The van der Waals surface area contributed by atoms with E-state index in [0.29, 0.717) is 39.8 Å². The first-order valence-corrected chi connectivity index (χ1v) is 12.0. The lowest BCUT2D eigenvalue weighted by atomic mass is 10.1. The molecule has 1 aliphatic rings. The molecule has 0 unspecified atom stereocenters. The van der Waals surface area contributed by atoms with E-state index in [9.17, 15) is 4.79 Å². The fraction of sp³-hybridized carbons (Fsp3) is 0.375. The van der Waals surface area contributed by atoms with E-state index in [1.807, 2.05) is 31.2 Å². The van der Waals surface area contributed by atoms with Crippen molar-refractivity contribution in [3.63, 3.8) is 0 Å². The molecule has 0 radical (unpaired) electrons. The second-order valence-corrected chi connectivity index (χ2v) is 9.69. The van der Waals surface area contributed by atoms with Crippen molar-refractivity contribution in [3.05, 3.63) is 41.7 Å². The number of fused-ring (bicyclic) bond motifs is 2. The van der Waals surface area contributed by atoms with Crippen molar-refractivity contribution in [1.82, 2.24) is 19.9 Å². The van der Waals surface area contributed by atoms with Crippen molar-refractivity contribution in [2.75, 3.05) is 37.5 Å². The minimum Gasteiger partial charge on any atom is -0.493 e. The van der Waals surface area contributed by atoms with E-state index in [0.717, 1.165) is 34.7 Å². The predicted octanol–water partition coefficient (Wildman–Crippen LogP) is 3.71. The Kier molecular flexibility index (Phi) is 5.78. The van der Waals surface area contributed by atoms with Gasteiger partial charge in [-0.2, -0.15) is 5.10 Å². The van der Waals surface area contributed by atoms with E-state index >= 15 is 0 Å². The van der Waals surface area contributed by atoms with Crippen molar-refractivity contribution >= 4 is 44.4 Å². The van der Waals surface area contributed by atoms with Gasteiger partial charge in [-0.25, -0.2) is 9.50 Å². The highest BCUT2D eigenvalue weighted by Crippen LogP contribution is 2.38. The van der Waals surface area contributed by atoms with Crippen molar-refractivity contribution in [1.29, 1.82) is 0 Å². The van der Waals surface area contributed by atoms with Crippen LogP contribution in [0.3, 0.4) is 0 Å². The minimum absolute atomic E-state index is 0.259. The zero-order chi connectivity index (χ0) is 24.0. The molecule has 0 aliphatic carbocycles. The third-order valence-corrected chi connectivity index (χ3v) is 7.01. The van der Waals surface area contributed by atoms with E-state index in [2.05, 4.69) is 39.5 Å². The fourth-order valence-corrected chi connectivity index (χ4v) is 5.56. The molecule has 4 heterocycles. The number of hydrogen-bond donors (Lipinski definition) is 2. The highest BCUT2D eigenvalue weighted by atomic mass is 32.1. The van der Waals surface area contributed by atoms with E-state index in [1.165, 1.54) is 11.3 Å². The summed E-state index contributed by atoms with van der Waals surface area (Å²) in [5.41, 5.74) is 4.52. The highest BCUT2D eigenvalue weighted by Gasteiger charge is 2.26. The molecule has 0 saturated carbocycles. The number of pyridine rings is 1. The number of rotatable bonds is 5. The van der Waals surface area contributed by atoms with E-state index in [-0.39, 0.29) is 5.91 Å². The molecule has 4 aromatic rings. The van der Waals surface area contributed by atoms with Gasteiger partial charge in [-0.1, -0.05) is 11.3 Å². The normalized spacial score (nSPS) is 18.4. The van der Waals surface area contributed by atoms with Gasteiger partial charge in [0.15, 0.2) is 5.75 Å². The molecule has 3 aromatic heterocycles. The monoisotopic (exact) mass is 480 g/mol. The molecule has 1 aliphatic heterocycles. The molecule has 2 N–H and O–H groups in total. The molecule has 1 saturated heterocycles. The molecule has 10 heteroatoms. The number of methoxy groups -OCH3 is 2. The average molecular weight is 481 g/mol. The second kappa shape index (κ2) is 8.77. The second-order valence-electron chi connectivity index (χ2n) is 8.73. The highest BCUT2D eigenvalue weighted by molar-refractivity contribution is 7.21. The molecule has 2 atom stereocenters. The van der Waals surface area contributed by atoms with Gasteiger partial charge in [-0.15, -0.1) is 0 Å². The summed E-state index contributed by atoms with van der Waals surface area (Å²) in [5.74, 6) is 0.266. The van der Waals surface area contributed by atoms with Crippen LogP contribution in [-0.2, 0) is 0 Å². The first kappa shape index (κ1) is 22.4. The summed E-state index contributed by atoms with van der Waals surface area (Å²) in [6.07, 6.45) is 1.76. The zero-order valence-corrected chi connectivity index (χ0v) is 20.7. The number of carbonyl (C=O) groups is 1. The number of nitrogens with zero attached hydrogens (tertiary/aromatic N) is 4. The lowest BCUT2D eigenvalue weighted by Gasteiger charge is -2.37. The SMILES string of the molecule is COc1nc2c(C(=O)Nc3cc4cc(C)nn4cc3OC)ccc(N3C[C@H](C)N[C@@H](C)C3)c2s1. The molecular weight excluding hydrogens is 452 g/mol. The first-order valence-electron chi connectivity index (χ1n) is 11.2. The number of piperazine rings is 1. The standard InChI is InChI=1S/C24H28N6O3S/c1-13-8-16-9-18(20(32-4)12-30(16)28-13)26-23(31)17-6-7-19(22-21(17)27-24(33-5)34-22)29-10-14(2)25-15(3)11-29/h6-9,12,14-15,25H,10-11H2,1-5H3,(H,26,31)/t14-,15-/m0/s1. The summed E-state index contributed by atoms with van der Waals surface area (Å²) in [4.78, 5) is 20.4. The van der Waals surface area contributed by atoms with Gasteiger partial charge in [-0.05, 0) is 45.0 Å². The Balaban J connectivity index is 1.53. The largest absolute Gasteiger partial charge is 0.493 e. The van der Waals surface area contributed by atoms with Gasteiger partial charge in [0.05, 0.1) is 53.3 Å². The van der Waals surface area contributed by atoms with Gasteiger partial charge >= 0.3 is 0 Å². The van der Waals surface area contributed by atoms with Crippen molar-refractivity contribution in [2.45, 2.75) is 32.9 Å². The summed E-state index contributed by atoms with van der Waals surface area (Å²) in [6.45, 7) is 8.05. The smallest absolute Gasteiger partial charge is 0.274 e. The lowest BCUT2D eigenvalue weighted by Crippen LogP contribution is -2.54. The van der Waals surface area contributed by atoms with Crippen molar-refractivity contribution in [3.8, 4) is 10.9 Å². The fourth-order valence-electron chi connectivity index (χ4n) is 4.61. The topological polar surface area (TPSA) is 93.0 Å². The summed E-state index contributed by atoms with van der Waals surface area (Å²) in [6, 6.07) is 8.39. The number of benzene rings is 1. The number of amides is 1. The van der Waals surface area contributed by atoms with Crippen LogP contribution in [0.15, 0.2) is 30.5 Å². The Morgan fingerprint density at radius 3 is 2.65 bits per heavy atom. The Morgan fingerprint density at radius 2 is 1.94 bits per heavy atom. The number of hydrogen-bond acceptors (Lipinski definition) is 8. The molecule has 34 heavy (non-hydrogen) atoms. The van der Waals surface area contributed by atoms with Crippen LogP contribution < -0.4 is 25.0 Å². The maximum Gasteiger partial charge on any atom is 0.274 e. The van der Waals surface area contributed by atoms with Gasteiger partial charge in [0.2, 0.25) is 0 Å². The number of nitrogens with one attached hydrogen (secondary N) is 2. The molecule has 0 spiro atoms. The van der Waals surface area contributed by atoms with Crippen LogP contribution in [0.5, 0.6) is 10.9 Å². The van der Waals surface area contributed by atoms with Gasteiger partial charge < -0.3 is 25.0 Å². The molecule has 0 bridgehead atoms. The number of carbonyl (C=O) groups excluding carboxylic acids is 1. The molecule has 178 valence electrons. The molecular formula is C24H28N6O3S. The van der Waals surface area contributed by atoms with E-state index < -0.39 is 0 Å². The molecule has 5 rings (SSSR count). The Morgan fingerprint density at radius 1 is 1.18 bits per heavy atom. The quantitative estimate of drug-likeness (QED) is 0.450. The number of anilines is 2. The van der Waals surface area contributed by atoms with Gasteiger partial charge in [-0.3, -0.25) is 4.79 Å². The predicted molar refractivity (Wildman–Crippen MR) is 135 cm³/mol. The number of aromatic nitrogens is 3. The Hall–Kier alpha value is -3.37. The molecule has 1 amide bonds. The number of thiazole rings is 1. The van der Waals surface area contributed by atoms with Crippen LogP contribution in [0.2, 0.25) is 0 Å². The zero-order valence-electron chi connectivity index (χ0n) is 19.9. The first-order chi connectivity index (χ1) is 16.4. The number of aryl methyl sites for hydroxylation is 1. The van der Waals surface area contributed by atoms with Crippen LogP contribution in [0, 0.1) is 6.92 Å². The van der Waals surface area contributed by atoms with Crippen LogP contribution in [0.4, 0.5) is 11.4 Å². The van der Waals surface area contributed by atoms with Gasteiger partial charge in [0.25, 0.3) is 11.1 Å². The lowest BCUT2D eigenvalue weighted by molar-refractivity contribution is 0.102. The van der Waals surface area contributed by atoms with Crippen molar-refractivity contribution in [2.24, 2.45) is 0 Å². The third-order valence-electron chi connectivity index (χ3n) is 5.97. The van der Waals surface area contributed by atoms with Crippen LogP contribution >= 0.6 is 11.3 Å². The maximum absolute atomic E-state index is 13.4. The van der Waals surface area contributed by atoms with Gasteiger partial charge in [0.1, 0.15) is 5.52 Å². The summed E-state index contributed by atoms with van der Waals surface area (Å²) < 4.78 is 13.6. The average Bonchev–Trinajstić information content (AvgIpc) is 3.39. The van der Waals surface area contributed by atoms with E-state index in [4.69, 9.17) is 9.47 Å². The molecule has 9 nitrogen and oxygen atoms in total. The maximum atomic E-state index is 13.4. The number of ether oxygens (including phenoxy) is 2. The minimum atomic E-state index is -0.259. The summed E-state index contributed by atoms with van der Waals surface area (Å²) in [7, 11) is 3.17. The van der Waals surface area contributed by atoms with Gasteiger partial charge in [0, 0.05) is 25.2 Å². The van der Waals surface area contributed by atoms with E-state index in [1.54, 1.807) is 24.9 Å². The van der Waals surface area contributed by atoms with Crippen LogP contribution in [0.25, 0.3) is 15.7 Å². The molecule has 1 fully saturated rings. The Labute approximate surface area is 201 Å². The Bertz CT molecular complexity index is 1370. The molecule has 1 aromatic carbocycles. The van der Waals surface area contributed by atoms with Crippen molar-refractivity contribution < 1.29 is 14.3 Å². The van der Waals surface area contributed by atoms with Crippen LogP contribution in [-0.4, -0.2) is 59.9 Å².